The summed E-state index contributed by atoms with van der Waals surface area (Å²) in [4.78, 5) is 4.39. The monoisotopic (exact) mass is 337 g/mol. The van der Waals surface area contributed by atoms with Crippen LogP contribution in [0.15, 0.2) is 46.0 Å². The predicted octanol–water partition coefficient (Wildman–Crippen LogP) is 1.87. The van der Waals surface area contributed by atoms with Crippen molar-refractivity contribution in [3.05, 3.63) is 42.5 Å². The molecule has 8 heteroatoms. The van der Waals surface area contributed by atoms with Gasteiger partial charge >= 0.3 is 0 Å². The van der Waals surface area contributed by atoms with E-state index in [0.717, 1.165) is 5.76 Å². The fraction of sp³-hybridized carbons (Fsp3) is 0.400. The first kappa shape index (κ1) is 16.0. The molecule has 3 rings (SSSR count). The molecule has 0 amide bonds. The quantitative estimate of drug-likeness (QED) is 0.896. The molecule has 3 heterocycles. The Labute approximate surface area is 135 Å². The molecule has 23 heavy (non-hydrogen) atoms. The van der Waals surface area contributed by atoms with Gasteiger partial charge in [-0.2, -0.15) is 4.31 Å². The SMILES string of the molecule is C[C@H](Nc1ccc(S(=O)(=O)N2CCOCC2)cn1)c1ccco1. The third-order valence-corrected chi connectivity index (χ3v) is 5.56. The first-order valence-corrected chi connectivity index (χ1v) is 8.85. The summed E-state index contributed by atoms with van der Waals surface area (Å²) in [6.07, 6.45) is 2.99. The molecule has 0 radical (unpaired) electrons. The summed E-state index contributed by atoms with van der Waals surface area (Å²) >= 11 is 0. The van der Waals surface area contributed by atoms with Gasteiger partial charge in [-0.15, -0.1) is 0 Å². The Morgan fingerprint density at radius 2 is 2.04 bits per heavy atom. The number of morpholine rings is 1. The summed E-state index contributed by atoms with van der Waals surface area (Å²) < 4.78 is 36.9. The summed E-state index contributed by atoms with van der Waals surface area (Å²) in [7, 11) is -3.51. The largest absolute Gasteiger partial charge is 0.467 e. The number of hydrogen-bond acceptors (Lipinski definition) is 6. The van der Waals surface area contributed by atoms with E-state index in [1.165, 1.54) is 10.5 Å². The molecule has 0 spiro atoms. The first-order chi connectivity index (χ1) is 11.1. The number of anilines is 1. The Bertz CT molecular complexity index is 723. The van der Waals surface area contributed by atoms with Gasteiger partial charge in [0.15, 0.2) is 0 Å². The Balaban J connectivity index is 1.71. The highest BCUT2D eigenvalue weighted by atomic mass is 32.2. The summed E-state index contributed by atoms with van der Waals surface area (Å²) in [5.41, 5.74) is 0. The number of ether oxygens (including phenoxy) is 1. The number of rotatable bonds is 5. The van der Waals surface area contributed by atoms with E-state index in [-0.39, 0.29) is 10.9 Å². The van der Waals surface area contributed by atoms with Crippen molar-refractivity contribution < 1.29 is 17.6 Å². The van der Waals surface area contributed by atoms with Crippen LogP contribution in [0, 0.1) is 0 Å². The third kappa shape index (κ3) is 3.54. The highest BCUT2D eigenvalue weighted by molar-refractivity contribution is 7.89. The number of sulfonamides is 1. The molecular weight excluding hydrogens is 318 g/mol. The minimum atomic E-state index is -3.51. The standard InChI is InChI=1S/C15H19N3O4S/c1-12(14-3-2-8-22-14)17-15-5-4-13(11-16-15)23(19,20)18-6-9-21-10-7-18/h2-5,8,11-12H,6-7,9-10H2,1H3,(H,16,17)/t12-/m0/s1. The Kier molecular flexibility index (Phi) is 4.65. The van der Waals surface area contributed by atoms with Crippen molar-refractivity contribution in [3.63, 3.8) is 0 Å². The van der Waals surface area contributed by atoms with Crippen LogP contribution in [0.4, 0.5) is 5.82 Å². The van der Waals surface area contributed by atoms with Crippen LogP contribution in [0.2, 0.25) is 0 Å². The lowest BCUT2D eigenvalue weighted by molar-refractivity contribution is 0.0730. The van der Waals surface area contributed by atoms with Crippen LogP contribution in [0.25, 0.3) is 0 Å². The predicted molar refractivity (Wildman–Crippen MR) is 84.6 cm³/mol. The van der Waals surface area contributed by atoms with Gasteiger partial charge in [0.25, 0.3) is 0 Å². The van der Waals surface area contributed by atoms with Gasteiger partial charge in [0.2, 0.25) is 10.0 Å². The van der Waals surface area contributed by atoms with Crippen molar-refractivity contribution in [2.45, 2.75) is 17.9 Å². The van der Waals surface area contributed by atoms with Crippen molar-refractivity contribution in [3.8, 4) is 0 Å². The van der Waals surface area contributed by atoms with Gasteiger partial charge in [-0.3, -0.25) is 0 Å². The average Bonchev–Trinajstić information content (AvgIpc) is 3.11. The van der Waals surface area contributed by atoms with Crippen LogP contribution in [-0.2, 0) is 14.8 Å². The molecule has 1 aliphatic heterocycles. The van der Waals surface area contributed by atoms with E-state index in [9.17, 15) is 8.42 Å². The summed E-state index contributed by atoms with van der Waals surface area (Å²) in [6.45, 7) is 3.54. The zero-order valence-electron chi connectivity index (χ0n) is 12.8. The van der Waals surface area contributed by atoms with E-state index < -0.39 is 10.0 Å². The minimum absolute atomic E-state index is 0.0563. The molecule has 1 atom stereocenters. The van der Waals surface area contributed by atoms with Crippen LogP contribution in [0.3, 0.4) is 0 Å². The van der Waals surface area contributed by atoms with Gasteiger partial charge in [-0.05, 0) is 31.2 Å². The fourth-order valence-corrected chi connectivity index (χ4v) is 3.74. The second-order valence-electron chi connectivity index (χ2n) is 5.28. The number of pyridine rings is 1. The number of furan rings is 1. The zero-order chi connectivity index (χ0) is 16.3. The number of hydrogen-bond donors (Lipinski definition) is 1. The molecule has 0 bridgehead atoms. The number of nitrogens with zero attached hydrogens (tertiary/aromatic N) is 2. The third-order valence-electron chi connectivity index (χ3n) is 3.68. The van der Waals surface area contributed by atoms with Crippen LogP contribution in [0.5, 0.6) is 0 Å². The molecule has 7 nitrogen and oxygen atoms in total. The van der Waals surface area contributed by atoms with Crippen LogP contribution in [-0.4, -0.2) is 44.0 Å². The summed E-state index contributed by atoms with van der Waals surface area (Å²) in [5, 5.41) is 3.17. The van der Waals surface area contributed by atoms with Gasteiger partial charge in [0.05, 0.1) is 25.5 Å². The number of aromatic nitrogens is 1. The van der Waals surface area contributed by atoms with E-state index in [4.69, 9.17) is 9.15 Å². The second kappa shape index (κ2) is 6.69. The Morgan fingerprint density at radius 1 is 1.26 bits per heavy atom. The van der Waals surface area contributed by atoms with Crippen molar-refractivity contribution >= 4 is 15.8 Å². The van der Waals surface area contributed by atoms with Crippen LogP contribution in [0.1, 0.15) is 18.7 Å². The van der Waals surface area contributed by atoms with E-state index in [1.54, 1.807) is 18.4 Å². The molecule has 0 saturated carbocycles. The van der Waals surface area contributed by atoms with Crippen molar-refractivity contribution in [1.82, 2.24) is 9.29 Å². The van der Waals surface area contributed by atoms with Gasteiger partial charge in [0.1, 0.15) is 16.5 Å². The van der Waals surface area contributed by atoms with Crippen molar-refractivity contribution in [2.75, 3.05) is 31.6 Å². The van der Waals surface area contributed by atoms with E-state index in [0.29, 0.717) is 32.1 Å². The minimum Gasteiger partial charge on any atom is -0.467 e. The highest BCUT2D eigenvalue weighted by Crippen LogP contribution is 2.21. The van der Waals surface area contributed by atoms with Gasteiger partial charge < -0.3 is 14.5 Å². The maximum atomic E-state index is 12.5. The molecule has 1 fully saturated rings. The Morgan fingerprint density at radius 3 is 2.65 bits per heavy atom. The van der Waals surface area contributed by atoms with E-state index >= 15 is 0 Å². The maximum absolute atomic E-state index is 12.5. The molecule has 1 saturated heterocycles. The smallest absolute Gasteiger partial charge is 0.244 e. The number of nitrogens with one attached hydrogen (secondary N) is 1. The molecule has 2 aromatic rings. The fourth-order valence-electron chi connectivity index (χ4n) is 2.38. The first-order valence-electron chi connectivity index (χ1n) is 7.41. The lowest BCUT2D eigenvalue weighted by Crippen LogP contribution is -2.40. The summed E-state index contributed by atoms with van der Waals surface area (Å²) in [6, 6.07) is 6.86. The average molecular weight is 337 g/mol. The maximum Gasteiger partial charge on any atom is 0.244 e. The molecule has 1 aliphatic rings. The Hall–Kier alpha value is -1.90. The molecule has 0 unspecified atom stereocenters. The van der Waals surface area contributed by atoms with Gasteiger partial charge in [-0.1, -0.05) is 0 Å². The molecule has 1 N–H and O–H groups in total. The second-order valence-corrected chi connectivity index (χ2v) is 7.21. The zero-order valence-corrected chi connectivity index (χ0v) is 13.6. The molecule has 0 aromatic carbocycles. The van der Waals surface area contributed by atoms with Crippen molar-refractivity contribution in [2.24, 2.45) is 0 Å². The topological polar surface area (TPSA) is 84.7 Å². The highest BCUT2D eigenvalue weighted by Gasteiger charge is 2.26. The molecule has 124 valence electrons. The van der Waals surface area contributed by atoms with E-state index in [1.807, 2.05) is 19.1 Å². The molecular formula is C15H19N3O4S. The van der Waals surface area contributed by atoms with Crippen LogP contribution >= 0.6 is 0 Å². The van der Waals surface area contributed by atoms with E-state index in [2.05, 4.69) is 10.3 Å². The lowest BCUT2D eigenvalue weighted by atomic mass is 10.2. The van der Waals surface area contributed by atoms with Crippen molar-refractivity contribution in [1.29, 1.82) is 0 Å². The van der Waals surface area contributed by atoms with Gasteiger partial charge in [-0.25, -0.2) is 13.4 Å². The molecule has 0 aliphatic carbocycles. The normalized spacial score (nSPS) is 17.8. The molecule has 2 aromatic heterocycles. The van der Waals surface area contributed by atoms with Crippen LogP contribution < -0.4 is 5.32 Å². The lowest BCUT2D eigenvalue weighted by Gasteiger charge is -2.25. The summed E-state index contributed by atoms with van der Waals surface area (Å²) in [5.74, 6) is 1.38. The van der Waals surface area contributed by atoms with Gasteiger partial charge in [0, 0.05) is 19.3 Å².